The van der Waals surface area contributed by atoms with Crippen LogP contribution in [0.1, 0.15) is 0 Å². The van der Waals surface area contributed by atoms with Gasteiger partial charge in [-0.05, 0) is 36.4 Å². The lowest BCUT2D eigenvalue weighted by molar-refractivity contribution is 0.573. The number of rotatable bonds is 7. The zero-order valence-electron chi connectivity index (χ0n) is 14.8. The van der Waals surface area contributed by atoms with Crippen molar-refractivity contribution in [3.05, 3.63) is 91.0 Å². The Kier molecular flexibility index (Phi) is 5.08. The predicted molar refractivity (Wildman–Crippen MR) is 111 cm³/mol. The molecule has 1 heterocycles. The van der Waals surface area contributed by atoms with Gasteiger partial charge in [-0.1, -0.05) is 59.7 Å². The molecule has 0 aliphatic heterocycles. The summed E-state index contributed by atoms with van der Waals surface area (Å²) in [5.74, 6) is 0.342. The fourth-order valence-corrected chi connectivity index (χ4v) is 4.13. The third-order valence-corrected chi connectivity index (χ3v) is 5.47. The third kappa shape index (κ3) is 4.39. The van der Waals surface area contributed by atoms with Crippen molar-refractivity contribution in [1.82, 2.24) is 10.2 Å². The Balaban J connectivity index is 1.60. The van der Waals surface area contributed by atoms with Crippen molar-refractivity contribution in [1.29, 1.82) is 0 Å². The van der Waals surface area contributed by atoms with Gasteiger partial charge in [0.1, 0.15) is 0 Å². The first-order chi connectivity index (χ1) is 13.7. The molecule has 8 heteroatoms. The molecule has 0 aliphatic rings. The van der Waals surface area contributed by atoms with E-state index in [0.717, 1.165) is 5.56 Å². The minimum absolute atomic E-state index is 0.0500. The van der Waals surface area contributed by atoms with Crippen molar-refractivity contribution >= 4 is 25.0 Å². The molecular weight excluding hydrogens is 373 g/mol. The fraction of sp³-hybridized carbons (Fsp3) is 0. The molecule has 4 aromatic rings. The first-order valence-corrected chi connectivity index (χ1v) is 10.3. The molecule has 0 amide bonds. The van der Waals surface area contributed by atoms with Crippen LogP contribution in [0.15, 0.2) is 95.4 Å². The molecule has 0 spiro atoms. The molecule has 0 bridgehead atoms. The number of para-hydroxylation sites is 2. The number of nitrogens with zero attached hydrogens (tertiary/aromatic N) is 2. The Morgan fingerprint density at radius 2 is 1.14 bits per heavy atom. The first-order valence-electron chi connectivity index (χ1n) is 8.64. The lowest BCUT2D eigenvalue weighted by Crippen LogP contribution is -2.14. The number of hydrogen-bond donors (Lipinski definition) is 3. The molecule has 140 valence electrons. The molecule has 0 atom stereocenters. The van der Waals surface area contributed by atoms with E-state index in [0.29, 0.717) is 17.3 Å². The molecular formula is C20H18N5O2P. The van der Waals surface area contributed by atoms with E-state index in [1.807, 2.05) is 91.0 Å². The molecule has 0 fully saturated rings. The van der Waals surface area contributed by atoms with Gasteiger partial charge in [0.05, 0.1) is 0 Å². The van der Waals surface area contributed by atoms with Gasteiger partial charge in [0.25, 0.3) is 0 Å². The minimum atomic E-state index is -3.41. The zero-order valence-corrected chi connectivity index (χ0v) is 15.7. The van der Waals surface area contributed by atoms with Crippen molar-refractivity contribution in [2.75, 3.05) is 15.3 Å². The van der Waals surface area contributed by atoms with Crippen LogP contribution in [0.5, 0.6) is 0 Å². The maximum atomic E-state index is 13.6. The summed E-state index contributed by atoms with van der Waals surface area (Å²) in [5.41, 5.74) is 2.15. The van der Waals surface area contributed by atoms with Crippen LogP contribution >= 0.6 is 7.59 Å². The molecule has 4 rings (SSSR count). The van der Waals surface area contributed by atoms with Crippen LogP contribution in [-0.2, 0) is 4.57 Å². The standard InChI is InChI=1S/C20H18N5O2P/c26-28(23-17-12-6-2-7-13-17,24-18-14-8-3-9-15-18)25-20-22-21-19(27-20)16-10-4-1-5-11-16/h1-15H,(H3,22,23,24,25,26). The summed E-state index contributed by atoms with van der Waals surface area (Å²) < 4.78 is 19.3. The lowest BCUT2D eigenvalue weighted by atomic mass is 10.2. The second kappa shape index (κ2) is 7.98. The monoisotopic (exact) mass is 391 g/mol. The van der Waals surface area contributed by atoms with Crippen LogP contribution in [-0.4, -0.2) is 10.2 Å². The number of hydrogen-bond acceptors (Lipinski definition) is 4. The highest BCUT2D eigenvalue weighted by molar-refractivity contribution is 7.68. The van der Waals surface area contributed by atoms with Gasteiger partial charge in [-0.25, -0.2) is 0 Å². The van der Waals surface area contributed by atoms with Crippen molar-refractivity contribution < 1.29 is 8.98 Å². The van der Waals surface area contributed by atoms with Gasteiger partial charge in [0.15, 0.2) is 0 Å². The topological polar surface area (TPSA) is 92.1 Å². The van der Waals surface area contributed by atoms with E-state index >= 15 is 0 Å². The Labute approximate surface area is 162 Å². The largest absolute Gasteiger partial charge is 0.403 e. The smallest absolute Gasteiger partial charge is 0.356 e. The average molecular weight is 391 g/mol. The molecule has 0 saturated heterocycles. The van der Waals surface area contributed by atoms with E-state index in [1.165, 1.54) is 0 Å². The van der Waals surface area contributed by atoms with E-state index in [2.05, 4.69) is 25.5 Å². The summed E-state index contributed by atoms with van der Waals surface area (Å²) in [4.78, 5) is 0. The van der Waals surface area contributed by atoms with Crippen LogP contribution in [0.2, 0.25) is 0 Å². The van der Waals surface area contributed by atoms with Crippen molar-refractivity contribution in [2.45, 2.75) is 0 Å². The molecule has 0 aliphatic carbocycles. The lowest BCUT2D eigenvalue weighted by Gasteiger charge is -2.22. The summed E-state index contributed by atoms with van der Waals surface area (Å²) in [6, 6.07) is 27.9. The highest BCUT2D eigenvalue weighted by Gasteiger charge is 2.25. The number of nitrogens with one attached hydrogen (secondary N) is 3. The molecule has 0 unspecified atom stereocenters. The van der Waals surface area contributed by atoms with Gasteiger partial charge in [-0.3, -0.25) is 9.65 Å². The number of benzene rings is 3. The predicted octanol–water partition coefficient (Wildman–Crippen LogP) is 5.48. The molecule has 3 N–H and O–H groups in total. The maximum Gasteiger partial charge on any atom is 0.356 e. The number of anilines is 3. The summed E-state index contributed by atoms with van der Waals surface area (Å²) in [7, 11) is -3.41. The molecule has 0 radical (unpaired) electrons. The second-order valence-electron chi connectivity index (χ2n) is 5.96. The van der Waals surface area contributed by atoms with E-state index in [9.17, 15) is 4.57 Å². The quantitative estimate of drug-likeness (QED) is 0.359. The van der Waals surface area contributed by atoms with E-state index in [1.54, 1.807) is 0 Å². The normalized spacial score (nSPS) is 11.0. The Morgan fingerprint density at radius 1 is 0.643 bits per heavy atom. The van der Waals surface area contributed by atoms with Gasteiger partial charge >= 0.3 is 13.6 Å². The molecule has 7 nitrogen and oxygen atoms in total. The van der Waals surface area contributed by atoms with Crippen molar-refractivity contribution in [3.63, 3.8) is 0 Å². The maximum absolute atomic E-state index is 13.6. The van der Waals surface area contributed by atoms with Crippen LogP contribution in [0.25, 0.3) is 11.5 Å². The highest BCUT2D eigenvalue weighted by Crippen LogP contribution is 2.45. The van der Waals surface area contributed by atoms with E-state index < -0.39 is 7.59 Å². The van der Waals surface area contributed by atoms with Gasteiger partial charge in [-0.15, -0.1) is 5.10 Å². The molecule has 3 aromatic carbocycles. The van der Waals surface area contributed by atoms with Crippen molar-refractivity contribution in [2.24, 2.45) is 0 Å². The average Bonchev–Trinajstić information content (AvgIpc) is 3.18. The van der Waals surface area contributed by atoms with Gasteiger partial charge < -0.3 is 14.6 Å². The number of aromatic nitrogens is 2. The summed E-state index contributed by atoms with van der Waals surface area (Å²) >= 11 is 0. The second-order valence-corrected chi connectivity index (χ2v) is 7.84. The summed E-state index contributed by atoms with van der Waals surface area (Å²) in [6.45, 7) is 0. The molecule has 1 aromatic heterocycles. The van der Waals surface area contributed by atoms with Gasteiger partial charge in [0, 0.05) is 16.9 Å². The molecule has 0 saturated carbocycles. The van der Waals surface area contributed by atoms with Crippen LogP contribution in [0.4, 0.5) is 17.4 Å². The SMILES string of the molecule is O=P(Nc1ccccc1)(Nc1ccccc1)Nc1nnc(-c2ccccc2)o1. The Bertz CT molecular complexity index is 1030. The third-order valence-electron chi connectivity index (χ3n) is 3.82. The van der Waals surface area contributed by atoms with E-state index in [-0.39, 0.29) is 6.01 Å². The van der Waals surface area contributed by atoms with Crippen LogP contribution in [0.3, 0.4) is 0 Å². The zero-order chi connectivity index (χ0) is 19.2. The van der Waals surface area contributed by atoms with Crippen molar-refractivity contribution in [3.8, 4) is 11.5 Å². The van der Waals surface area contributed by atoms with E-state index in [4.69, 9.17) is 4.42 Å². The van der Waals surface area contributed by atoms with Crippen LogP contribution in [0, 0.1) is 0 Å². The molecule has 28 heavy (non-hydrogen) atoms. The van der Waals surface area contributed by atoms with Crippen LogP contribution < -0.4 is 15.3 Å². The minimum Gasteiger partial charge on any atom is -0.403 e. The fourth-order valence-electron chi connectivity index (χ4n) is 2.57. The van der Waals surface area contributed by atoms with Gasteiger partial charge in [0.2, 0.25) is 5.89 Å². The summed E-state index contributed by atoms with van der Waals surface area (Å²) in [5, 5.41) is 16.9. The van der Waals surface area contributed by atoms with Gasteiger partial charge in [-0.2, -0.15) is 0 Å². The first kappa shape index (κ1) is 17.8. The Morgan fingerprint density at radius 3 is 1.68 bits per heavy atom. The Hall–Kier alpha value is -3.57. The summed E-state index contributed by atoms with van der Waals surface area (Å²) in [6.07, 6.45) is 0. The highest BCUT2D eigenvalue weighted by atomic mass is 31.2.